The summed E-state index contributed by atoms with van der Waals surface area (Å²) >= 11 is 0. The average molecular weight is 274 g/mol. The van der Waals surface area contributed by atoms with E-state index in [1.165, 1.54) is 4.90 Å². The number of aromatic nitrogens is 1. The minimum atomic E-state index is -4.46. The van der Waals surface area contributed by atoms with Gasteiger partial charge in [-0.3, -0.25) is 4.79 Å². The van der Waals surface area contributed by atoms with Crippen LogP contribution < -0.4 is 4.74 Å². The van der Waals surface area contributed by atoms with Gasteiger partial charge in [-0.05, 0) is 6.07 Å². The molecule has 0 saturated carbocycles. The highest BCUT2D eigenvalue weighted by Crippen LogP contribution is 2.23. The number of halogens is 3. The second-order valence-corrected chi connectivity index (χ2v) is 4.33. The van der Waals surface area contributed by atoms with E-state index in [1.807, 2.05) is 0 Å². The molecule has 4 nitrogen and oxygen atoms in total. The number of alkyl halides is 3. The van der Waals surface area contributed by atoms with Crippen LogP contribution in [-0.2, 0) is 4.79 Å². The summed E-state index contributed by atoms with van der Waals surface area (Å²) in [4.78, 5) is 16.5. The maximum Gasteiger partial charge on any atom is 0.397 e. The summed E-state index contributed by atoms with van der Waals surface area (Å²) in [5.41, 5.74) is 0. The number of amides is 1. The largest absolute Gasteiger partial charge is 0.472 e. The molecule has 1 saturated heterocycles. The number of nitrogens with zero attached hydrogens (tertiary/aromatic N) is 2. The molecule has 1 amide bonds. The van der Waals surface area contributed by atoms with Crippen LogP contribution in [0.4, 0.5) is 13.2 Å². The standard InChI is InChI=1S/C12H13F3N2O2/c13-12(14,15)7-11(18)17-6-4-9(8-17)19-10-3-1-2-5-16-10/h1-3,5,9H,4,6-8H2/t9-/m1/s1. The molecule has 0 unspecified atom stereocenters. The summed E-state index contributed by atoms with van der Waals surface area (Å²) in [5.74, 6) is -0.489. The van der Waals surface area contributed by atoms with Gasteiger partial charge >= 0.3 is 6.18 Å². The lowest BCUT2D eigenvalue weighted by atomic mass is 10.3. The van der Waals surface area contributed by atoms with Gasteiger partial charge in [0.15, 0.2) is 0 Å². The zero-order valence-electron chi connectivity index (χ0n) is 10.1. The van der Waals surface area contributed by atoms with Crippen LogP contribution in [0, 0.1) is 0 Å². The van der Waals surface area contributed by atoms with Crippen molar-refractivity contribution < 1.29 is 22.7 Å². The van der Waals surface area contributed by atoms with Crippen molar-refractivity contribution in [2.24, 2.45) is 0 Å². The van der Waals surface area contributed by atoms with E-state index < -0.39 is 18.5 Å². The van der Waals surface area contributed by atoms with Crippen molar-refractivity contribution in [3.8, 4) is 5.88 Å². The van der Waals surface area contributed by atoms with Gasteiger partial charge in [-0.15, -0.1) is 0 Å². The number of ether oxygens (including phenoxy) is 1. The monoisotopic (exact) mass is 274 g/mol. The Morgan fingerprint density at radius 2 is 2.26 bits per heavy atom. The van der Waals surface area contributed by atoms with Crippen molar-refractivity contribution in [2.75, 3.05) is 13.1 Å². The normalized spacial score (nSPS) is 19.5. The Kier molecular flexibility index (Phi) is 3.92. The first-order chi connectivity index (χ1) is 8.94. The zero-order valence-corrected chi connectivity index (χ0v) is 10.1. The summed E-state index contributed by atoms with van der Waals surface area (Å²) in [5, 5.41) is 0. The maximum absolute atomic E-state index is 12.1. The molecule has 0 aliphatic carbocycles. The quantitative estimate of drug-likeness (QED) is 0.846. The first kappa shape index (κ1) is 13.6. The highest BCUT2D eigenvalue weighted by Gasteiger charge is 2.36. The Bertz CT molecular complexity index is 436. The molecule has 1 aromatic heterocycles. The molecule has 104 valence electrons. The van der Waals surface area contributed by atoms with Gasteiger partial charge < -0.3 is 9.64 Å². The highest BCUT2D eigenvalue weighted by atomic mass is 19.4. The van der Waals surface area contributed by atoms with Gasteiger partial charge in [-0.25, -0.2) is 4.98 Å². The molecule has 1 aliphatic heterocycles. The molecule has 0 radical (unpaired) electrons. The minimum absolute atomic E-state index is 0.172. The maximum atomic E-state index is 12.1. The Morgan fingerprint density at radius 3 is 2.89 bits per heavy atom. The van der Waals surface area contributed by atoms with Crippen molar-refractivity contribution in [1.82, 2.24) is 9.88 Å². The first-order valence-electron chi connectivity index (χ1n) is 5.86. The summed E-state index contributed by atoms with van der Waals surface area (Å²) in [6, 6.07) is 5.16. The fourth-order valence-corrected chi connectivity index (χ4v) is 1.92. The number of pyridine rings is 1. The summed E-state index contributed by atoms with van der Waals surface area (Å²) in [6.07, 6.45) is -4.09. The molecule has 2 heterocycles. The predicted molar refractivity (Wildman–Crippen MR) is 60.5 cm³/mol. The van der Waals surface area contributed by atoms with Crippen LogP contribution in [0.25, 0.3) is 0 Å². The molecule has 1 atom stereocenters. The molecule has 0 bridgehead atoms. The Labute approximate surface area is 108 Å². The van der Waals surface area contributed by atoms with Crippen LogP contribution >= 0.6 is 0 Å². The molecular formula is C12H13F3N2O2. The van der Waals surface area contributed by atoms with E-state index in [4.69, 9.17) is 4.74 Å². The zero-order chi connectivity index (χ0) is 13.9. The lowest BCUT2D eigenvalue weighted by Gasteiger charge is -2.17. The topological polar surface area (TPSA) is 42.4 Å². The van der Waals surface area contributed by atoms with Crippen LogP contribution in [-0.4, -0.2) is 41.2 Å². The molecule has 2 rings (SSSR count). The van der Waals surface area contributed by atoms with Crippen LogP contribution in [0.1, 0.15) is 12.8 Å². The van der Waals surface area contributed by atoms with Gasteiger partial charge in [0.05, 0.1) is 6.54 Å². The molecular weight excluding hydrogens is 261 g/mol. The molecule has 1 fully saturated rings. The van der Waals surface area contributed by atoms with E-state index >= 15 is 0 Å². The molecule has 0 aromatic carbocycles. The minimum Gasteiger partial charge on any atom is -0.472 e. The van der Waals surface area contributed by atoms with E-state index in [0.29, 0.717) is 12.3 Å². The van der Waals surface area contributed by atoms with Gasteiger partial charge in [0, 0.05) is 25.2 Å². The van der Waals surface area contributed by atoms with Crippen molar-refractivity contribution in [1.29, 1.82) is 0 Å². The summed E-state index contributed by atoms with van der Waals surface area (Å²) in [6.45, 7) is 0.456. The smallest absolute Gasteiger partial charge is 0.397 e. The highest BCUT2D eigenvalue weighted by molar-refractivity contribution is 5.77. The Morgan fingerprint density at radius 1 is 1.47 bits per heavy atom. The molecule has 0 spiro atoms. The van der Waals surface area contributed by atoms with Crippen molar-refractivity contribution >= 4 is 5.91 Å². The van der Waals surface area contributed by atoms with Gasteiger partial charge in [-0.1, -0.05) is 6.07 Å². The summed E-state index contributed by atoms with van der Waals surface area (Å²) < 4.78 is 41.8. The predicted octanol–water partition coefficient (Wildman–Crippen LogP) is 2.01. The number of hydrogen-bond donors (Lipinski definition) is 0. The third kappa shape index (κ3) is 4.11. The van der Waals surface area contributed by atoms with Gasteiger partial charge in [-0.2, -0.15) is 13.2 Å². The molecule has 1 aromatic rings. The fraction of sp³-hybridized carbons (Fsp3) is 0.500. The SMILES string of the molecule is O=C(CC(F)(F)F)N1CC[C@@H](Oc2ccccn2)C1. The molecule has 0 N–H and O–H groups in total. The molecule has 7 heteroatoms. The van der Waals surface area contributed by atoms with Crippen LogP contribution in [0.15, 0.2) is 24.4 Å². The average Bonchev–Trinajstić information content (AvgIpc) is 2.77. The molecule has 1 aliphatic rings. The van der Waals surface area contributed by atoms with Crippen molar-refractivity contribution in [3.05, 3.63) is 24.4 Å². The third-order valence-electron chi connectivity index (χ3n) is 2.77. The second-order valence-electron chi connectivity index (χ2n) is 4.33. The van der Waals surface area contributed by atoms with Crippen LogP contribution in [0.2, 0.25) is 0 Å². The number of carbonyl (C=O) groups excluding carboxylic acids is 1. The Hall–Kier alpha value is -1.79. The van der Waals surface area contributed by atoms with E-state index in [0.717, 1.165) is 0 Å². The van der Waals surface area contributed by atoms with Crippen LogP contribution in [0.3, 0.4) is 0 Å². The number of likely N-dealkylation sites (tertiary alicyclic amines) is 1. The molecule has 19 heavy (non-hydrogen) atoms. The van der Waals surface area contributed by atoms with Crippen molar-refractivity contribution in [3.63, 3.8) is 0 Å². The van der Waals surface area contributed by atoms with E-state index in [2.05, 4.69) is 4.98 Å². The van der Waals surface area contributed by atoms with Gasteiger partial charge in [0.1, 0.15) is 12.5 Å². The first-order valence-corrected chi connectivity index (χ1v) is 5.86. The third-order valence-corrected chi connectivity index (χ3v) is 2.77. The fourth-order valence-electron chi connectivity index (χ4n) is 1.92. The van der Waals surface area contributed by atoms with Crippen molar-refractivity contribution in [2.45, 2.75) is 25.1 Å². The lowest BCUT2D eigenvalue weighted by molar-refractivity contribution is -0.160. The number of hydrogen-bond acceptors (Lipinski definition) is 3. The lowest BCUT2D eigenvalue weighted by Crippen LogP contribution is -2.33. The number of carbonyl (C=O) groups is 1. The Balaban J connectivity index is 1.85. The van der Waals surface area contributed by atoms with Gasteiger partial charge in [0.2, 0.25) is 11.8 Å². The van der Waals surface area contributed by atoms with E-state index in [9.17, 15) is 18.0 Å². The number of rotatable bonds is 3. The van der Waals surface area contributed by atoms with Gasteiger partial charge in [0.25, 0.3) is 0 Å². The van der Waals surface area contributed by atoms with E-state index in [-0.39, 0.29) is 19.2 Å². The van der Waals surface area contributed by atoms with Crippen LogP contribution in [0.5, 0.6) is 5.88 Å². The van der Waals surface area contributed by atoms with E-state index in [1.54, 1.807) is 24.4 Å². The second kappa shape index (κ2) is 5.46. The summed E-state index contributed by atoms with van der Waals surface area (Å²) in [7, 11) is 0.